The fraction of sp³-hybridized carbons (Fsp3) is 0.333. The summed E-state index contributed by atoms with van der Waals surface area (Å²) in [5.41, 5.74) is 3.53. The number of imidazole rings is 1. The first-order valence-electron chi connectivity index (χ1n) is 9.85. The van der Waals surface area contributed by atoms with E-state index in [1.165, 1.54) is 6.07 Å². The summed E-state index contributed by atoms with van der Waals surface area (Å²) in [7, 11) is 1.95. The average molecular weight is 388 g/mol. The third-order valence-electron chi connectivity index (χ3n) is 6.11. The summed E-state index contributed by atoms with van der Waals surface area (Å²) in [5.74, 6) is 2.07. The molecule has 4 aromatic rings. The van der Waals surface area contributed by atoms with Gasteiger partial charge in [0, 0.05) is 50.2 Å². The van der Waals surface area contributed by atoms with Crippen molar-refractivity contribution in [3.05, 3.63) is 47.1 Å². The van der Waals surface area contributed by atoms with Crippen molar-refractivity contribution in [3.63, 3.8) is 0 Å². The zero-order chi connectivity index (χ0) is 19.5. The van der Waals surface area contributed by atoms with Crippen LogP contribution in [0.2, 0.25) is 0 Å². The van der Waals surface area contributed by atoms with E-state index in [1.54, 1.807) is 12.4 Å². The molecule has 2 unspecified atom stereocenters. The van der Waals surface area contributed by atoms with Crippen LogP contribution in [0.5, 0.6) is 0 Å². The van der Waals surface area contributed by atoms with Crippen LogP contribution in [0.4, 0.5) is 5.95 Å². The second kappa shape index (κ2) is 6.12. The molecule has 2 aliphatic heterocycles. The van der Waals surface area contributed by atoms with Crippen molar-refractivity contribution >= 4 is 28.1 Å². The minimum atomic E-state index is -0.351. The van der Waals surface area contributed by atoms with Gasteiger partial charge in [-0.05, 0) is 36.1 Å². The predicted octanol–water partition coefficient (Wildman–Crippen LogP) is 1.79. The van der Waals surface area contributed by atoms with Crippen molar-refractivity contribution in [2.45, 2.75) is 0 Å². The van der Waals surface area contributed by atoms with Gasteiger partial charge < -0.3 is 19.2 Å². The van der Waals surface area contributed by atoms with Gasteiger partial charge >= 0.3 is 5.63 Å². The molecule has 8 heteroatoms. The molecule has 0 saturated carbocycles. The molecule has 146 valence electrons. The van der Waals surface area contributed by atoms with Gasteiger partial charge in [0.2, 0.25) is 5.95 Å². The Morgan fingerprint density at radius 2 is 1.93 bits per heavy atom. The van der Waals surface area contributed by atoms with Crippen LogP contribution < -0.4 is 15.8 Å². The lowest BCUT2D eigenvalue weighted by atomic mass is 10.0. The number of anilines is 1. The first-order chi connectivity index (χ1) is 14.2. The quantitative estimate of drug-likeness (QED) is 0.524. The van der Waals surface area contributed by atoms with Gasteiger partial charge in [-0.1, -0.05) is 0 Å². The summed E-state index contributed by atoms with van der Waals surface area (Å²) in [5, 5.41) is 4.33. The summed E-state index contributed by atoms with van der Waals surface area (Å²) in [6.45, 7) is 4.09. The number of hydrogen-bond donors (Lipinski definition) is 1. The summed E-state index contributed by atoms with van der Waals surface area (Å²) in [6, 6.07) is 8.94. The number of hydrogen-bond acceptors (Lipinski definition) is 7. The van der Waals surface area contributed by atoms with E-state index in [4.69, 9.17) is 14.4 Å². The molecule has 0 amide bonds. The van der Waals surface area contributed by atoms with Gasteiger partial charge in [0.1, 0.15) is 16.8 Å². The highest BCUT2D eigenvalue weighted by Crippen LogP contribution is 2.33. The predicted molar refractivity (Wildman–Crippen MR) is 110 cm³/mol. The Bertz CT molecular complexity index is 1300. The topological polar surface area (TPSA) is 89.1 Å². The maximum absolute atomic E-state index is 11.5. The van der Waals surface area contributed by atoms with Crippen LogP contribution in [-0.2, 0) is 7.05 Å². The Hall–Kier alpha value is -3.26. The minimum absolute atomic E-state index is 0.351. The van der Waals surface area contributed by atoms with Crippen molar-refractivity contribution in [2.75, 3.05) is 31.1 Å². The van der Waals surface area contributed by atoms with E-state index in [0.717, 1.165) is 59.9 Å². The largest absolute Gasteiger partial charge is 0.423 e. The van der Waals surface area contributed by atoms with Gasteiger partial charge in [0.05, 0.1) is 6.33 Å². The first-order valence-corrected chi connectivity index (χ1v) is 9.85. The lowest BCUT2D eigenvalue weighted by Gasteiger charge is -2.18. The third-order valence-corrected chi connectivity index (χ3v) is 6.11. The van der Waals surface area contributed by atoms with Crippen LogP contribution in [0.25, 0.3) is 33.4 Å². The van der Waals surface area contributed by atoms with Crippen LogP contribution >= 0.6 is 0 Å². The molecule has 5 heterocycles. The molecule has 3 aromatic heterocycles. The highest BCUT2D eigenvalue weighted by molar-refractivity contribution is 5.92. The van der Waals surface area contributed by atoms with E-state index in [9.17, 15) is 4.79 Å². The van der Waals surface area contributed by atoms with E-state index in [2.05, 4.69) is 15.2 Å². The Kier molecular flexibility index (Phi) is 3.52. The Labute approximate surface area is 166 Å². The van der Waals surface area contributed by atoms with Gasteiger partial charge in [0.15, 0.2) is 5.65 Å². The molecule has 6 rings (SSSR count). The molecule has 0 bridgehead atoms. The molecule has 1 aromatic carbocycles. The lowest BCUT2D eigenvalue weighted by Crippen LogP contribution is -2.27. The van der Waals surface area contributed by atoms with Gasteiger partial charge in [-0.3, -0.25) is 0 Å². The van der Waals surface area contributed by atoms with Crippen LogP contribution in [0.3, 0.4) is 0 Å². The number of rotatable bonds is 2. The summed E-state index contributed by atoms with van der Waals surface area (Å²) in [6.07, 6.45) is 1.77. The Morgan fingerprint density at radius 1 is 1.10 bits per heavy atom. The number of benzene rings is 1. The average Bonchev–Trinajstić information content (AvgIpc) is 3.42. The number of aryl methyl sites for hydroxylation is 1. The molecule has 0 radical (unpaired) electrons. The number of nitrogens with zero attached hydrogens (tertiary/aromatic N) is 5. The van der Waals surface area contributed by atoms with Crippen molar-refractivity contribution in [1.29, 1.82) is 0 Å². The molecule has 0 aliphatic carbocycles. The lowest BCUT2D eigenvalue weighted by molar-refractivity contribution is 0.533. The second-order valence-corrected chi connectivity index (χ2v) is 7.99. The van der Waals surface area contributed by atoms with Crippen molar-refractivity contribution in [2.24, 2.45) is 18.9 Å². The first kappa shape index (κ1) is 16.7. The molecular formula is C21H20N6O2. The van der Waals surface area contributed by atoms with Gasteiger partial charge in [-0.25, -0.2) is 14.8 Å². The Balaban J connectivity index is 1.50. The third kappa shape index (κ3) is 2.63. The fourth-order valence-corrected chi connectivity index (χ4v) is 4.58. The zero-order valence-corrected chi connectivity index (χ0v) is 16.0. The van der Waals surface area contributed by atoms with Crippen molar-refractivity contribution < 1.29 is 4.42 Å². The van der Waals surface area contributed by atoms with Crippen LogP contribution in [0.1, 0.15) is 0 Å². The number of nitrogens with one attached hydrogen (secondary N) is 1. The zero-order valence-electron chi connectivity index (χ0n) is 16.0. The van der Waals surface area contributed by atoms with Crippen LogP contribution in [-0.4, -0.2) is 45.7 Å². The maximum atomic E-state index is 11.5. The highest BCUT2D eigenvalue weighted by atomic mass is 16.4. The van der Waals surface area contributed by atoms with E-state index in [0.29, 0.717) is 17.4 Å². The summed E-state index contributed by atoms with van der Waals surface area (Å²) in [4.78, 5) is 28.1. The van der Waals surface area contributed by atoms with Crippen molar-refractivity contribution in [1.82, 2.24) is 24.8 Å². The van der Waals surface area contributed by atoms with E-state index < -0.39 is 0 Å². The molecule has 8 nitrogen and oxygen atoms in total. The van der Waals surface area contributed by atoms with E-state index >= 15 is 0 Å². The summed E-state index contributed by atoms with van der Waals surface area (Å²) >= 11 is 0. The number of aromatic nitrogens is 4. The van der Waals surface area contributed by atoms with E-state index in [-0.39, 0.29) is 5.63 Å². The summed E-state index contributed by atoms with van der Waals surface area (Å²) < 4.78 is 7.20. The number of fused-ring (bicyclic) bond motifs is 3. The molecular weight excluding hydrogens is 368 g/mol. The normalized spacial score (nSPS) is 21.3. The monoisotopic (exact) mass is 388 g/mol. The standard InChI is InChI=1S/C21H20N6O2/c1-26-11-23-19-18(13-2-4-16-12(6-13)3-5-17(28)29-16)24-21(25-20(19)26)27-9-14-7-22-8-15(14)10-27/h2-6,11,14-15,22H,7-10H2,1H3. The fourth-order valence-electron chi connectivity index (χ4n) is 4.58. The smallest absolute Gasteiger partial charge is 0.336 e. The molecule has 2 saturated heterocycles. The minimum Gasteiger partial charge on any atom is -0.423 e. The van der Waals surface area contributed by atoms with Crippen LogP contribution in [0, 0.1) is 11.8 Å². The van der Waals surface area contributed by atoms with Gasteiger partial charge in [0.25, 0.3) is 0 Å². The maximum Gasteiger partial charge on any atom is 0.336 e. The molecule has 29 heavy (non-hydrogen) atoms. The molecule has 2 fully saturated rings. The van der Waals surface area contributed by atoms with Gasteiger partial charge in [-0.2, -0.15) is 4.98 Å². The second-order valence-electron chi connectivity index (χ2n) is 7.99. The molecule has 2 atom stereocenters. The Morgan fingerprint density at radius 3 is 2.76 bits per heavy atom. The highest BCUT2D eigenvalue weighted by Gasteiger charge is 2.37. The van der Waals surface area contributed by atoms with Crippen molar-refractivity contribution in [3.8, 4) is 11.3 Å². The van der Waals surface area contributed by atoms with Gasteiger partial charge in [-0.15, -0.1) is 0 Å². The molecule has 0 spiro atoms. The van der Waals surface area contributed by atoms with Crippen LogP contribution in [0.15, 0.2) is 45.9 Å². The SMILES string of the molecule is Cn1cnc2c(-c3ccc4oc(=O)ccc4c3)nc(N3CC4CNCC4C3)nc21. The molecule has 1 N–H and O–H groups in total. The molecule has 2 aliphatic rings. The van der Waals surface area contributed by atoms with E-state index in [1.807, 2.05) is 29.8 Å².